The van der Waals surface area contributed by atoms with Crippen molar-refractivity contribution in [1.82, 2.24) is 0 Å². The zero-order valence-corrected chi connectivity index (χ0v) is 19.3. The fraction of sp³-hybridized carbons (Fsp3) is 0.136. The number of halogens is 1. The van der Waals surface area contributed by atoms with E-state index in [0.29, 0.717) is 28.6 Å². The molecule has 0 unspecified atom stereocenters. The van der Waals surface area contributed by atoms with Crippen LogP contribution in [0.2, 0.25) is 5.02 Å². The van der Waals surface area contributed by atoms with Crippen molar-refractivity contribution in [2.75, 3.05) is 22.9 Å². The SMILES string of the molecule is CCOc1ccc(S(=O)(=O)Nc2cccc(SC)c2)cc1NC(=O)c1ccc(Cl)cc1. The molecule has 0 atom stereocenters. The lowest BCUT2D eigenvalue weighted by Crippen LogP contribution is -2.16. The van der Waals surface area contributed by atoms with E-state index in [9.17, 15) is 13.2 Å². The predicted molar refractivity (Wildman–Crippen MR) is 126 cm³/mol. The van der Waals surface area contributed by atoms with Gasteiger partial charge in [-0.3, -0.25) is 9.52 Å². The molecule has 0 radical (unpaired) electrons. The van der Waals surface area contributed by atoms with Crippen molar-refractivity contribution in [2.24, 2.45) is 0 Å². The maximum absolute atomic E-state index is 12.9. The zero-order valence-electron chi connectivity index (χ0n) is 16.9. The van der Waals surface area contributed by atoms with Gasteiger partial charge in [-0.2, -0.15) is 0 Å². The summed E-state index contributed by atoms with van der Waals surface area (Å²) in [5, 5.41) is 3.23. The molecule has 0 bridgehead atoms. The molecular formula is C22H21ClN2O4S2. The molecule has 0 fully saturated rings. The fourth-order valence-electron chi connectivity index (χ4n) is 2.75. The average molecular weight is 477 g/mol. The second-order valence-electron chi connectivity index (χ2n) is 6.39. The molecule has 0 aromatic heterocycles. The second-order valence-corrected chi connectivity index (χ2v) is 9.39. The summed E-state index contributed by atoms with van der Waals surface area (Å²) in [5.41, 5.74) is 1.09. The van der Waals surface area contributed by atoms with Gasteiger partial charge in [0.15, 0.2) is 0 Å². The van der Waals surface area contributed by atoms with E-state index in [1.54, 1.807) is 49.4 Å². The lowest BCUT2D eigenvalue weighted by atomic mass is 10.2. The van der Waals surface area contributed by atoms with Gasteiger partial charge in [0, 0.05) is 21.2 Å². The Kier molecular flexibility index (Phi) is 7.48. The van der Waals surface area contributed by atoms with Gasteiger partial charge in [-0.15, -0.1) is 11.8 Å². The number of nitrogens with one attached hydrogen (secondary N) is 2. The third-order valence-electron chi connectivity index (χ3n) is 4.24. The first-order valence-electron chi connectivity index (χ1n) is 9.33. The van der Waals surface area contributed by atoms with Crippen molar-refractivity contribution in [3.8, 4) is 5.75 Å². The van der Waals surface area contributed by atoms with Crippen LogP contribution in [-0.4, -0.2) is 27.2 Å². The number of rotatable bonds is 8. The smallest absolute Gasteiger partial charge is 0.261 e. The molecular weight excluding hydrogens is 456 g/mol. The molecule has 1 amide bonds. The minimum atomic E-state index is -3.88. The fourth-order valence-corrected chi connectivity index (χ4v) is 4.41. The van der Waals surface area contributed by atoms with Gasteiger partial charge in [0.2, 0.25) is 0 Å². The van der Waals surface area contributed by atoms with E-state index in [1.807, 2.05) is 12.3 Å². The molecule has 0 spiro atoms. The molecule has 9 heteroatoms. The van der Waals surface area contributed by atoms with Gasteiger partial charge < -0.3 is 10.1 Å². The zero-order chi connectivity index (χ0) is 22.4. The molecule has 6 nitrogen and oxygen atoms in total. The Bertz CT molecular complexity index is 1180. The summed E-state index contributed by atoms with van der Waals surface area (Å²) in [7, 11) is -3.88. The minimum Gasteiger partial charge on any atom is -0.492 e. The van der Waals surface area contributed by atoms with E-state index in [4.69, 9.17) is 16.3 Å². The Hall–Kier alpha value is -2.68. The number of carbonyl (C=O) groups is 1. The van der Waals surface area contributed by atoms with Crippen LogP contribution in [0.3, 0.4) is 0 Å². The van der Waals surface area contributed by atoms with Crippen molar-refractivity contribution >= 4 is 50.7 Å². The minimum absolute atomic E-state index is 0.00286. The summed E-state index contributed by atoms with van der Waals surface area (Å²) >= 11 is 7.39. The maximum atomic E-state index is 12.9. The second kappa shape index (κ2) is 10.1. The molecule has 3 aromatic carbocycles. The van der Waals surface area contributed by atoms with Gasteiger partial charge in [0.25, 0.3) is 15.9 Å². The Morgan fingerprint density at radius 3 is 2.48 bits per heavy atom. The van der Waals surface area contributed by atoms with Crippen LogP contribution in [-0.2, 0) is 10.0 Å². The summed E-state index contributed by atoms with van der Waals surface area (Å²) in [4.78, 5) is 13.6. The van der Waals surface area contributed by atoms with Crippen LogP contribution < -0.4 is 14.8 Å². The highest BCUT2D eigenvalue weighted by Gasteiger charge is 2.19. The lowest BCUT2D eigenvalue weighted by Gasteiger charge is -2.15. The van der Waals surface area contributed by atoms with Crippen LogP contribution >= 0.6 is 23.4 Å². The van der Waals surface area contributed by atoms with E-state index >= 15 is 0 Å². The van der Waals surface area contributed by atoms with Crippen LogP contribution in [0, 0.1) is 0 Å². The van der Waals surface area contributed by atoms with Gasteiger partial charge in [0.1, 0.15) is 5.75 Å². The summed E-state index contributed by atoms with van der Waals surface area (Å²) in [5.74, 6) is -0.0408. The Morgan fingerprint density at radius 1 is 1.06 bits per heavy atom. The topological polar surface area (TPSA) is 84.5 Å². The number of carbonyl (C=O) groups excluding carboxylic acids is 1. The molecule has 3 aromatic rings. The highest BCUT2D eigenvalue weighted by atomic mass is 35.5. The number of hydrogen-bond donors (Lipinski definition) is 2. The lowest BCUT2D eigenvalue weighted by molar-refractivity contribution is 0.102. The van der Waals surface area contributed by atoms with E-state index in [0.717, 1.165) is 4.90 Å². The normalized spacial score (nSPS) is 11.1. The Balaban J connectivity index is 1.90. The number of anilines is 2. The summed E-state index contributed by atoms with van der Waals surface area (Å²) < 4.78 is 34.0. The molecule has 0 aliphatic rings. The van der Waals surface area contributed by atoms with E-state index in [1.165, 1.54) is 30.0 Å². The standard InChI is InChI=1S/C22H21ClN2O4S2/c1-3-29-21-12-11-19(31(27,28)25-17-5-4-6-18(13-17)30-2)14-20(21)24-22(26)15-7-9-16(23)10-8-15/h4-14,25H,3H2,1-2H3,(H,24,26). The van der Waals surface area contributed by atoms with Crippen LogP contribution in [0.4, 0.5) is 11.4 Å². The number of amides is 1. The summed E-state index contributed by atoms with van der Waals surface area (Å²) in [6.07, 6.45) is 1.91. The molecule has 162 valence electrons. The van der Waals surface area contributed by atoms with E-state index in [2.05, 4.69) is 10.0 Å². The Labute approximate surface area is 191 Å². The summed E-state index contributed by atoms with van der Waals surface area (Å²) in [6, 6.07) is 17.8. The molecule has 0 heterocycles. The number of benzene rings is 3. The largest absolute Gasteiger partial charge is 0.492 e. The van der Waals surface area contributed by atoms with Crippen molar-refractivity contribution in [1.29, 1.82) is 0 Å². The predicted octanol–water partition coefficient (Wildman–Crippen LogP) is 5.51. The first kappa shape index (κ1) is 23.0. The van der Waals surface area contributed by atoms with Gasteiger partial charge in [-0.25, -0.2) is 8.42 Å². The number of thioether (sulfide) groups is 1. The number of hydrogen-bond acceptors (Lipinski definition) is 5. The molecule has 0 aliphatic heterocycles. The highest BCUT2D eigenvalue weighted by molar-refractivity contribution is 7.98. The van der Waals surface area contributed by atoms with Crippen LogP contribution in [0.5, 0.6) is 5.75 Å². The van der Waals surface area contributed by atoms with Crippen LogP contribution in [0.15, 0.2) is 76.5 Å². The highest BCUT2D eigenvalue weighted by Crippen LogP contribution is 2.30. The molecule has 3 rings (SSSR count). The van der Waals surface area contributed by atoms with E-state index < -0.39 is 15.9 Å². The van der Waals surface area contributed by atoms with Crippen LogP contribution in [0.25, 0.3) is 0 Å². The third kappa shape index (κ3) is 5.94. The van der Waals surface area contributed by atoms with Crippen LogP contribution in [0.1, 0.15) is 17.3 Å². The first-order chi connectivity index (χ1) is 14.8. The van der Waals surface area contributed by atoms with Crippen molar-refractivity contribution in [2.45, 2.75) is 16.7 Å². The molecule has 2 N–H and O–H groups in total. The first-order valence-corrected chi connectivity index (χ1v) is 12.4. The number of ether oxygens (including phenoxy) is 1. The van der Waals surface area contributed by atoms with Gasteiger partial charge >= 0.3 is 0 Å². The van der Waals surface area contributed by atoms with E-state index in [-0.39, 0.29) is 10.6 Å². The molecule has 0 aliphatic carbocycles. The van der Waals surface area contributed by atoms with Gasteiger partial charge in [-0.05, 0) is 73.8 Å². The number of sulfonamides is 1. The molecule has 0 saturated heterocycles. The van der Waals surface area contributed by atoms with Crippen molar-refractivity contribution in [3.05, 3.63) is 77.3 Å². The maximum Gasteiger partial charge on any atom is 0.261 e. The third-order valence-corrected chi connectivity index (χ3v) is 6.59. The molecule has 31 heavy (non-hydrogen) atoms. The monoisotopic (exact) mass is 476 g/mol. The van der Waals surface area contributed by atoms with Gasteiger partial charge in [-0.1, -0.05) is 17.7 Å². The Morgan fingerprint density at radius 2 is 1.81 bits per heavy atom. The average Bonchev–Trinajstić information content (AvgIpc) is 2.75. The summed E-state index contributed by atoms with van der Waals surface area (Å²) in [6.45, 7) is 2.16. The van der Waals surface area contributed by atoms with Gasteiger partial charge in [0.05, 0.1) is 17.2 Å². The molecule has 0 saturated carbocycles. The van der Waals surface area contributed by atoms with Crippen molar-refractivity contribution < 1.29 is 17.9 Å². The quantitative estimate of drug-likeness (QED) is 0.418. The van der Waals surface area contributed by atoms with Crippen molar-refractivity contribution in [3.63, 3.8) is 0 Å².